The van der Waals surface area contributed by atoms with E-state index in [1.807, 2.05) is 6.92 Å². The van der Waals surface area contributed by atoms with Gasteiger partial charge in [0.1, 0.15) is 4.21 Å². The largest absolute Gasteiger partial charge is 0.224 e. The van der Waals surface area contributed by atoms with Crippen molar-refractivity contribution in [2.45, 2.75) is 27.3 Å². The molecule has 0 spiro atoms. The second-order valence-electron chi connectivity index (χ2n) is 4.44. The second kappa shape index (κ2) is 5.83. The number of halogens is 1. The molecule has 1 heterocycles. The van der Waals surface area contributed by atoms with E-state index in [0.29, 0.717) is 0 Å². The molecule has 0 aliphatic carbocycles. The smallest absolute Gasteiger partial charge is 0.216 e. The molecule has 0 unspecified atom stereocenters. The first kappa shape index (κ1) is 16.7. The lowest BCUT2D eigenvalue weighted by molar-refractivity contribution is 0.595. The van der Waals surface area contributed by atoms with Gasteiger partial charge in [-0.1, -0.05) is 6.92 Å². The fourth-order valence-corrected chi connectivity index (χ4v) is 6.62. The molecule has 4 nitrogen and oxygen atoms in total. The summed E-state index contributed by atoms with van der Waals surface area (Å²) in [7, 11) is -7.02. The quantitative estimate of drug-likeness (QED) is 0.777. The molecule has 2 rings (SSSR count). The average Bonchev–Trinajstić information content (AvgIpc) is 2.86. The van der Waals surface area contributed by atoms with E-state index < -0.39 is 19.7 Å². The maximum atomic E-state index is 12.5. The van der Waals surface area contributed by atoms with Crippen LogP contribution in [0.2, 0.25) is 0 Å². The van der Waals surface area contributed by atoms with Crippen molar-refractivity contribution in [3.8, 4) is 0 Å². The Bertz CT molecular complexity index is 880. The zero-order chi connectivity index (χ0) is 15.8. The van der Waals surface area contributed by atoms with Gasteiger partial charge in [0.05, 0.1) is 9.79 Å². The van der Waals surface area contributed by atoms with Crippen LogP contribution in [0.25, 0.3) is 0 Å². The Balaban J connectivity index is 2.54. The minimum Gasteiger partial charge on any atom is -0.224 e. The number of aryl methyl sites for hydroxylation is 1. The van der Waals surface area contributed by atoms with Crippen molar-refractivity contribution < 1.29 is 16.8 Å². The Morgan fingerprint density at radius 2 is 1.76 bits per heavy atom. The van der Waals surface area contributed by atoms with E-state index in [-0.39, 0.29) is 18.5 Å². The van der Waals surface area contributed by atoms with E-state index in [9.17, 15) is 16.8 Å². The lowest BCUT2D eigenvalue weighted by Gasteiger charge is -2.06. The third-order valence-electron chi connectivity index (χ3n) is 2.86. The molecule has 8 heteroatoms. The third-order valence-corrected chi connectivity index (χ3v) is 8.41. The summed E-state index contributed by atoms with van der Waals surface area (Å²) in [4.78, 5) is 1.13. The van der Waals surface area contributed by atoms with Gasteiger partial charge in [-0.3, -0.25) is 0 Å². The van der Waals surface area contributed by atoms with Crippen LogP contribution >= 0.6 is 27.3 Å². The van der Waals surface area contributed by atoms with Crippen LogP contribution in [0.15, 0.2) is 48.8 Å². The van der Waals surface area contributed by atoms with Crippen LogP contribution in [0.5, 0.6) is 0 Å². The molecule has 0 aliphatic heterocycles. The lowest BCUT2D eigenvalue weighted by atomic mass is 10.4. The zero-order valence-corrected chi connectivity index (χ0v) is 15.4. The van der Waals surface area contributed by atoms with Crippen LogP contribution in [-0.2, 0) is 26.1 Å². The van der Waals surface area contributed by atoms with Gasteiger partial charge in [-0.05, 0) is 52.7 Å². The number of benzene rings is 1. The molecule has 21 heavy (non-hydrogen) atoms. The van der Waals surface area contributed by atoms with Gasteiger partial charge in [0.15, 0.2) is 9.84 Å². The molecule has 0 bridgehead atoms. The Morgan fingerprint density at radius 1 is 1.10 bits per heavy atom. The topological polar surface area (TPSA) is 68.3 Å². The number of hydrogen-bond donors (Lipinski definition) is 0. The fourth-order valence-electron chi connectivity index (χ4n) is 1.76. The van der Waals surface area contributed by atoms with Crippen LogP contribution in [-0.4, -0.2) is 23.1 Å². The van der Waals surface area contributed by atoms with E-state index in [0.717, 1.165) is 17.6 Å². The normalized spacial score (nSPS) is 12.5. The molecule has 1 aromatic heterocycles. The van der Waals surface area contributed by atoms with Crippen molar-refractivity contribution in [3.63, 3.8) is 0 Å². The van der Waals surface area contributed by atoms with Gasteiger partial charge in [-0.25, -0.2) is 16.8 Å². The van der Waals surface area contributed by atoms with E-state index >= 15 is 0 Å². The monoisotopic (exact) mass is 408 g/mol. The first-order valence-corrected chi connectivity index (χ1v) is 11.0. The molecule has 2 aromatic rings. The van der Waals surface area contributed by atoms with E-state index in [1.165, 1.54) is 29.5 Å². The highest BCUT2D eigenvalue weighted by Gasteiger charge is 2.22. The van der Waals surface area contributed by atoms with Crippen LogP contribution in [0.1, 0.15) is 11.8 Å². The number of sulfone groups is 2. The molecule has 0 aliphatic rings. The third kappa shape index (κ3) is 3.39. The molecule has 114 valence electrons. The number of rotatable bonds is 4. The van der Waals surface area contributed by atoms with Gasteiger partial charge in [0.2, 0.25) is 9.84 Å². The second-order valence-corrected chi connectivity index (χ2v) is 10.6. The molecule has 1 aromatic carbocycles. The fraction of sp³-hybridized carbons (Fsp3) is 0.231. The van der Waals surface area contributed by atoms with Crippen molar-refractivity contribution in [2.75, 3.05) is 6.26 Å². The van der Waals surface area contributed by atoms with E-state index in [4.69, 9.17) is 0 Å². The summed E-state index contributed by atoms with van der Waals surface area (Å²) in [5, 5.41) is 0. The Morgan fingerprint density at radius 3 is 2.24 bits per heavy atom. The summed E-state index contributed by atoms with van der Waals surface area (Å²) in [5.74, 6) is 0. The number of hydrogen-bond acceptors (Lipinski definition) is 5. The molecular formula is C13H13BrO4S3. The predicted molar refractivity (Wildman–Crippen MR) is 86.4 cm³/mol. The minimum atomic E-state index is -3.62. The first-order chi connectivity index (χ1) is 9.66. The molecule has 0 N–H and O–H groups in total. The summed E-state index contributed by atoms with van der Waals surface area (Å²) in [6.07, 6.45) is 1.85. The summed E-state index contributed by atoms with van der Waals surface area (Å²) < 4.78 is 48.6. The van der Waals surface area contributed by atoms with Gasteiger partial charge in [0, 0.05) is 15.6 Å². The van der Waals surface area contributed by atoms with Crippen molar-refractivity contribution in [1.82, 2.24) is 0 Å². The summed E-state index contributed by atoms with van der Waals surface area (Å²) in [6.45, 7) is 1.96. The Hall–Kier alpha value is -0.700. The Labute approximate surface area is 136 Å². The van der Waals surface area contributed by atoms with Gasteiger partial charge >= 0.3 is 0 Å². The van der Waals surface area contributed by atoms with Crippen LogP contribution in [0.4, 0.5) is 0 Å². The SMILES string of the molecule is CCc1ccc(S(=O)(=O)c2ccc(S(C)(=O)=O)c(Br)c2)s1. The predicted octanol–water partition coefficient (Wildman–Crippen LogP) is 3.31. The molecule has 0 atom stereocenters. The van der Waals surface area contributed by atoms with E-state index in [2.05, 4.69) is 15.9 Å². The van der Waals surface area contributed by atoms with Crippen LogP contribution in [0, 0.1) is 0 Å². The van der Waals surface area contributed by atoms with Crippen LogP contribution < -0.4 is 0 Å². The highest BCUT2D eigenvalue weighted by molar-refractivity contribution is 9.10. The molecule has 0 saturated carbocycles. The zero-order valence-electron chi connectivity index (χ0n) is 11.3. The van der Waals surface area contributed by atoms with Gasteiger partial charge in [-0.2, -0.15) is 0 Å². The minimum absolute atomic E-state index is 0.0712. The highest BCUT2D eigenvalue weighted by atomic mass is 79.9. The average molecular weight is 409 g/mol. The summed E-state index contributed by atoms with van der Waals surface area (Å²) in [6, 6.07) is 7.33. The van der Waals surface area contributed by atoms with Gasteiger partial charge < -0.3 is 0 Å². The summed E-state index contributed by atoms with van der Waals surface area (Å²) >= 11 is 4.36. The highest BCUT2D eigenvalue weighted by Crippen LogP contribution is 2.31. The molecule has 0 fully saturated rings. The molecule has 0 amide bonds. The van der Waals surface area contributed by atoms with Gasteiger partial charge in [-0.15, -0.1) is 11.3 Å². The van der Waals surface area contributed by atoms with Crippen molar-refractivity contribution in [1.29, 1.82) is 0 Å². The van der Waals surface area contributed by atoms with Gasteiger partial charge in [0.25, 0.3) is 0 Å². The lowest BCUT2D eigenvalue weighted by Crippen LogP contribution is -2.03. The van der Waals surface area contributed by atoms with E-state index in [1.54, 1.807) is 12.1 Å². The Kier molecular flexibility index (Phi) is 4.63. The first-order valence-electron chi connectivity index (χ1n) is 5.99. The van der Waals surface area contributed by atoms with Crippen molar-refractivity contribution in [3.05, 3.63) is 39.7 Å². The standard InChI is InChI=1S/C13H13BrO4S3/c1-3-9-4-7-13(19-9)21(17,18)10-5-6-12(11(14)8-10)20(2,15)16/h4-8H,3H2,1-2H3. The molecule has 0 saturated heterocycles. The van der Waals surface area contributed by atoms with Crippen molar-refractivity contribution in [2.24, 2.45) is 0 Å². The maximum absolute atomic E-state index is 12.5. The molecular weight excluding hydrogens is 396 g/mol. The summed E-state index contributed by atoms with van der Waals surface area (Å²) in [5.41, 5.74) is 0. The number of thiophene rings is 1. The van der Waals surface area contributed by atoms with Crippen molar-refractivity contribution >= 4 is 46.9 Å². The maximum Gasteiger partial charge on any atom is 0.216 e. The molecule has 0 radical (unpaired) electrons. The van der Waals surface area contributed by atoms with Crippen LogP contribution in [0.3, 0.4) is 0 Å².